The molecule has 0 amide bonds. The molecule has 96 valence electrons. The zero-order chi connectivity index (χ0) is 13.0. The molecule has 0 aliphatic heterocycles. The average Bonchev–Trinajstić information content (AvgIpc) is 2.41. The number of hydrogen-bond donors (Lipinski definition) is 1. The quantitative estimate of drug-likeness (QED) is 0.841. The van der Waals surface area contributed by atoms with Gasteiger partial charge in [-0.2, -0.15) is 17.7 Å². The number of nitrogens with zero attached hydrogens (tertiary/aromatic N) is 2. The van der Waals surface area contributed by atoms with Crippen molar-refractivity contribution in [3.05, 3.63) is 40.8 Å². The summed E-state index contributed by atoms with van der Waals surface area (Å²) in [5, 5.41) is 5.88. The third-order valence-corrected chi connectivity index (χ3v) is 3.66. The van der Waals surface area contributed by atoms with Gasteiger partial charge < -0.3 is 0 Å². The van der Waals surface area contributed by atoms with Crippen molar-refractivity contribution in [2.75, 3.05) is 5.75 Å². The Morgan fingerprint density at radius 2 is 2.17 bits per heavy atom. The zero-order valence-electron chi connectivity index (χ0n) is 10.5. The number of aromatic nitrogens is 2. The van der Waals surface area contributed by atoms with E-state index in [1.54, 1.807) is 10.9 Å². The largest absolute Gasteiger partial charge is 0.274 e. The van der Waals surface area contributed by atoms with Crippen molar-refractivity contribution in [1.82, 2.24) is 9.78 Å². The zero-order valence-corrected chi connectivity index (χ0v) is 11.4. The first-order valence-electron chi connectivity index (χ1n) is 6.32. The molecule has 2 aromatic rings. The third kappa shape index (κ3) is 2.75. The molecule has 3 nitrogen and oxygen atoms in total. The minimum absolute atomic E-state index is 0.00372. The van der Waals surface area contributed by atoms with Gasteiger partial charge in [-0.15, -0.1) is 0 Å². The van der Waals surface area contributed by atoms with Gasteiger partial charge in [0.15, 0.2) is 0 Å². The SMILES string of the molecule is CCCC(CS)Cn1ncc2ccccc2c1=O. The molecule has 1 unspecified atom stereocenters. The molecule has 0 radical (unpaired) electrons. The predicted octanol–water partition coefficient (Wildman–Crippen LogP) is 2.74. The Bertz CT molecular complexity index is 579. The normalized spacial score (nSPS) is 12.8. The van der Waals surface area contributed by atoms with E-state index in [0.717, 1.165) is 29.4 Å². The van der Waals surface area contributed by atoms with Gasteiger partial charge in [0.05, 0.1) is 11.6 Å². The van der Waals surface area contributed by atoms with E-state index in [2.05, 4.69) is 24.7 Å². The second-order valence-corrected chi connectivity index (χ2v) is 4.92. The van der Waals surface area contributed by atoms with E-state index in [1.165, 1.54) is 0 Å². The van der Waals surface area contributed by atoms with Crippen molar-refractivity contribution in [3.8, 4) is 0 Å². The lowest BCUT2D eigenvalue weighted by atomic mass is 10.1. The summed E-state index contributed by atoms with van der Waals surface area (Å²) in [7, 11) is 0. The van der Waals surface area contributed by atoms with Gasteiger partial charge in [-0.3, -0.25) is 4.79 Å². The van der Waals surface area contributed by atoms with Crippen LogP contribution < -0.4 is 5.56 Å². The van der Waals surface area contributed by atoms with E-state index in [1.807, 2.05) is 24.3 Å². The molecule has 0 bridgehead atoms. The molecule has 18 heavy (non-hydrogen) atoms. The van der Waals surface area contributed by atoms with Crippen LogP contribution in [0.15, 0.2) is 35.3 Å². The summed E-state index contributed by atoms with van der Waals surface area (Å²) in [6, 6.07) is 7.57. The van der Waals surface area contributed by atoms with E-state index in [9.17, 15) is 4.79 Å². The fourth-order valence-corrected chi connectivity index (χ4v) is 2.45. The van der Waals surface area contributed by atoms with Gasteiger partial charge in [-0.25, -0.2) is 4.68 Å². The van der Waals surface area contributed by atoms with E-state index in [-0.39, 0.29) is 5.56 Å². The Morgan fingerprint density at radius 1 is 1.39 bits per heavy atom. The highest BCUT2D eigenvalue weighted by Crippen LogP contribution is 2.11. The Kier molecular flexibility index (Phi) is 4.42. The molecule has 0 saturated carbocycles. The third-order valence-electron chi connectivity index (χ3n) is 3.15. The lowest BCUT2D eigenvalue weighted by molar-refractivity contribution is 0.416. The second-order valence-electron chi connectivity index (χ2n) is 4.56. The maximum Gasteiger partial charge on any atom is 0.274 e. The van der Waals surface area contributed by atoms with Gasteiger partial charge in [0.25, 0.3) is 5.56 Å². The highest BCUT2D eigenvalue weighted by atomic mass is 32.1. The second kappa shape index (κ2) is 6.05. The van der Waals surface area contributed by atoms with Crippen LogP contribution in [0.25, 0.3) is 10.8 Å². The summed E-state index contributed by atoms with van der Waals surface area (Å²) < 4.78 is 1.57. The molecule has 0 aliphatic carbocycles. The van der Waals surface area contributed by atoms with Crippen molar-refractivity contribution >= 4 is 23.4 Å². The Labute approximate surface area is 112 Å². The summed E-state index contributed by atoms with van der Waals surface area (Å²) >= 11 is 4.34. The number of fused-ring (bicyclic) bond motifs is 1. The average molecular weight is 262 g/mol. The standard InChI is InChI=1S/C14H18N2OS/c1-2-5-11(10-18)9-16-14(17)13-7-4-3-6-12(13)8-15-16/h3-4,6-8,11,18H,2,5,9-10H2,1H3. The first-order valence-corrected chi connectivity index (χ1v) is 6.95. The summed E-state index contributed by atoms with van der Waals surface area (Å²) in [5.74, 6) is 1.19. The highest BCUT2D eigenvalue weighted by Gasteiger charge is 2.10. The Balaban J connectivity index is 2.34. The molecule has 1 aromatic carbocycles. The van der Waals surface area contributed by atoms with Crippen LogP contribution in [0.2, 0.25) is 0 Å². The van der Waals surface area contributed by atoms with E-state index in [4.69, 9.17) is 0 Å². The molecule has 1 aromatic heterocycles. The minimum atomic E-state index is -0.00372. The van der Waals surface area contributed by atoms with Crippen LogP contribution in [0.5, 0.6) is 0 Å². The van der Waals surface area contributed by atoms with Gasteiger partial charge in [0.1, 0.15) is 0 Å². The van der Waals surface area contributed by atoms with Crippen LogP contribution in [0, 0.1) is 5.92 Å². The lowest BCUT2D eigenvalue weighted by Crippen LogP contribution is -2.27. The van der Waals surface area contributed by atoms with Crippen LogP contribution in [-0.2, 0) is 6.54 Å². The van der Waals surface area contributed by atoms with Gasteiger partial charge in [0, 0.05) is 11.9 Å². The maximum absolute atomic E-state index is 12.3. The van der Waals surface area contributed by atoms with Crippen molar-refractivity contribution < 1.29 is 0 Å². The number of rotatable bonds is 5. The van der Waals surface area contributed by atoms with Crippen molar-refractivity contribution in [3.63, 3.8) is 0 Å². The molecule has 1 heterocycles. The monoisotopic (exact) mass is 262 g/mol. The fourth-order valence-electron chi connectivity index (χ4n) is 2.15. The molecule has 0 spiro atoms. The molecular formula is C14H18N2OS. The van der Waals surface area contributed by atoms with Gasteiger partial charge in [0.2, 0.25) is 0 Å². The van der Waals surface area contributed by atoms with Crippen molar-refractivity contribution in [2.45, 2.75) is 26.3 Å². The highest BCUT2D eigenvalue weighted by molar-refractivity contribution is 7.80. The Morgan fingerprint density at radius 3 is 2.89 bits per heavy atom. The topological polar surface area (TPSA) is 34.9 Å². The van der Waals surface area contributed by atoms with Crippen LogP contribution in [0.1, 0.15) is 19.8 Å². The van der Waals surface area contributed by atoms with E-state index < -0.39 is 0 Å². The molecule has 0 saturated heterocycles. The van der Waals surface area contributed by atoms with E-state index >= 15 is 0 Å². The Hall–Kier alpha value is -1.29. The maximum atomic E-state index is 12.3. The number of benzene rings is 1. The van der Waals surface area contributed by atoms with Crippen molar-refractivity contribution in [2.24, 2.45) is 5.92 Å². The smallest absolute Gasteiger partial charge is 0.267 e. The molecule has 4 heteroatoms. The predicted molar refractivity (Wildman–Crippen MR) is 78.3 cm³/mol. The molecule has 2 rings (SSSR count). The molecule has 0 aliphatic rings. The molecule has 0 fully saturated rings. The number of thiol groups is 1. The summed E-state index contributed by atoms with van der Waals surface area (Å²) in [6.07, 6.45) is 3.94. The number of hydrogen-bond acceptors (Lipinski definition) is 3. The minimum Gasteiger partial charge on any atom is -0.267 e. The molecule has 1 atom stereocenters. The summed E-state index contributed by atoms with van der Waals surface area (Å²) in [5.41, 5.74) is -0.00372. The van der Waals surface area contributed by atoms with Crippen LogP contribution in [0.4, 0.5) is 0 Å². The summed E-state index contributed by atoms with van der Waals surface area (Å²) in [6.45, 7) is 2.80. The first-order chi connectivity index (χ1) is 8.76. The molecular weight excluding hydrogens is 244 g/mol. The summed E-state index contributed by atoms with van der Waals surface area (Å²) in [4.78, 5) is 12.3. The van der Waals surface area contributed by atoms with Crippen molar-refractivity contribution in [1.29, 1.82) is 0 Å². The first kappa shape index (κ1) is 13.1. The lowest BCUT2D eigenvalue weighted by Gasteiger charge is -2.14. The van der Waals surface area contributed by atoms with E-state index in [0.29, 0.717) is 12.5 Å². The van der Waals surface area contributed by atoms with Gasteiger partial charge in [-0.1, -0.05) is 31.5 Å². The van der Waals surface area contributed by atoms with Gasteiger partial charge >= 0.3 is 0 Å². The van der Waals surface area contributed by atoms with Crippen LogP contribution in [0.3, 0.4) is 0 Å². The molecule has 0 N–H and O–H groups in total. The van der Waals surface area contributed by atoms with Gasteiger partial charge in [-0.05, 0) is 24.2 Å². The van der Waals surface area contributed by atoms with Crippen LogP contribution in [-0.4, -0.2) is 15.5 Å². The fraction of sp³-hybridized carbons (Fsp3) is 0.429. The van der Waals surface area contributed by atoms with Crippen LogP contribution >= 0.6 is 12.6 Å².